The van der Waals surface area contributed by atoms with E-state index >= 15 is 0 Å². The van der Waals surface area contributed by atoms with Gasteiger partial charge in [0.2, 0.25) is 5.91 Å². The SMILES string of the molecule is CC(C)(C)CN(CC(C)(C)C)[C@H](CN)C(=O)Nc1ccc(N2CCOCC2=O)c(C(F)(F)F)c1. The third-order valence-electron chi connectivity index (χ3n) is 5.17. The summed E-state index contributed by atoms with van der Waals surface area (Å²) in [7, 11) is 0. The van der Waals surface area contributed by atoms with E-state index in [1.165, 1.54) is 12.1 Å². The Morgan fingerprint density at radius 2 is 1.74 bits per heavy atom. The summed E-state index contributed by atoms with van der Waals surface area (Å²) in [5, 5.41) is 2.61. The maximum Gasteiger partial charge on any atom is 0.418 e. The lowest BCUT2D eigenvalue weighted by atomic mass is 9.91. The molecule has 7 nitrogen and oxygen atoms in total. The number of hydrogen-bond acceptors (Lipinski definition) is 5. The number of nitrogens with zero attached hydrogens (tertiary/aromatic N) is 2. The van der Waals surface area contributed by atoms with Crippen LogP contribution in [-0.4, -0.2) is 62.1 Å². The average molecular weight is 487 g/mol. The fourth-order valence-corrected chi connectivity index (χ4v) is 3.99. The van der Waals surface area contributed by atoms with Crippen LogP contribution >= 0.6 is 0 Å². The molecule has 0 aliphatic carbocycles. The summed E-state index contributed by atoms with van der Waals surface area (Å²) in [4.78, 5) is 28.3. The van der Waals surface area contributed by atoms with E-state index in [2.05, 4.69) is 46.9 Å². The molecule has 0 saturated carbocycles. The van der Waals surface area contributed by atoms with E-state index in [4.69, 9.17) is 10.5 Å². The largest absolute Gasteiger partial charge is 0.418 e. The minimum atomic E-state index is -4.72. The van der Waals surface area contributed by atoms with Crippen molar-refractivity contribution in [2.45, 2.75) is 53.8 Å². The van der Waals surface area contributed by atoms with Crippen LogP contribution in [0, 0.1) is 10.8 Å². The molecule has 192 valence electrons. The molecule has 2 rings (SSSR count). The highest BCUT2D eigenvalue weighted by molar-refractivity contribution is 5.98. The van der Waals surface area contributed by atoms with Crippen molar-refractivity contribution in [3.05, 3.63) is 23.8 Å². The number of nitrogens with one attached hydrogen (secondary N) is 1. The molecule has 1 fully saturated rings. The van der Waals surface area contributed by atoms with Gasteiger partial charge >= 0.3 is 6.18 Å². The molecular weight excluding hydrogens is 449 g/mol. The molecule has 1 aromatic rings. The molecule has 10 heteroatoms. The van der Waals surface area contributed by atoms with Crippen molar-refractivity contribution in [1.29, 1.82) is 0 Å². The molecule has 0 unspecified atom stereocenters. The molecule has 1 aliphatic heterocycles. The molecule has 1 atom stereocenters. The lowest BCUT2D eigenvalue weighted by molar-refractivity contribution is -0.137. The van der Waals surface area contributed by atoms with Crippen LogP contribution in [0.2, 0.25) is 0 Å². The first-order valence-electron chi connectivity index (χ1n) is 11.4. The Bertz CT molecular complexity index is 860. The zero-order valence-electron chi connectivity index (χ0n) is 20.9. The first kappa shape index (κ1) is 28.1. The Morgan fingerprint density at radius 1 is 1.15 bits per heavy atom. The molecule has 1 saturated heterocycles. The van der Waals surface area contributed by atoms with Crippen molar-refractivity contribution >= 4 is 23.2 Å². The molecule has 0 radical (unpaired) electrons. The Morgan fingerprint density at radius 3 is 2.21 bits per heavy atom. The Balaban J connectivity index is 2.34. The van der Waals surface area contributed by atoms with Crippen molar-refractivity contribution < 1.29 is 27.5 Å². The smallest absolute Gasteiger partial charge is 0.370 e. The van der Waals surface area contributed by atoms with Gasteiger partial charge in [-0.05, 0) is 29.0 Å². The minimum absolute atomic E-state index is 0.00768. The molecule has 1 heterocycles. The van der Waals surface area contributed by atoms with Crippen LogP contribution in [0.15, 0.2) is 18.2 Å². The van der Waals surface area contributed by atoms with Crippen molar-refractivity contribution in [2.24, 2.45) is 16.6 Å². The van der Waals surface area contributed by atoms with Gasteiger partial charge in [0.05, 0.1) is 17.9 Å². The van der Waals surface area contributed by atoms with E-state index in [9.17, 15) is 22.8 Å². The van der Waals surface area contributed by atoms with Gasteiger partial charge in [0.25, 0.3) is 5.91 Å². The van der Waals surface area contributed by atoms with Crippen LogP contribution in [0.25, 0.3) is 0 Å². The maximum atomic E-state index is 13.9. The molecule has 34 heavy (non-hydrogen) atoms. The summed E-state index contributed by atoms with van der Waals surface area (Å²) >= 11 is 0. The summed E-state index contributed by atoms with van der Waals surface area (Å²) in [6, 6.07) is 2.73. The number of nitrogens with two attached hydrogens (primary N) is 1. The molecule has 0 aromatic heterocycles. The van der Waals surface area contributed by atoms with Crippen LogP contribution < -0.4 is 16.0 Å². The van der Waals surface area contributed by atoms with E-state index in [1.807, 2.05) is 4.90 Å². The van der Waals surface area contributed by atoms with Gasteiger partial charge in [0, 0.05) is 31.9 Å². The number of rotatable bonds is 7. The Kier molecular flexibility index (Phi) is 8.77. The number of hydrogen-bond donors (Lipinski definition) is 2. The lowest BCUT2D eigenvalue weighted by Gasteiger charge is -2.38. The van der Waals surface area contributed by atoms with Gasteiger partial charge in [-0.1, -0.05) is 41.5 Å². The van der Waals surface area contributed by atoms with E-state index in [-0.39, 0.29) is 48.5 Å². The summed E-state index contributed by atoms with van der Waals surface area (Å²) < 4.78 is 46.6. The van der Waals surface area contributed by atoms with Crippen LogP contribution in [0.1, 0.15) is 47.1 Å². The van der Waals surface area contributed by atoms with Crippen molar-refractivity contribution in [1.82, 2.24) is 4.90 Å². The fraction of sp³-hybridized carbons (Fsp3) is 0.667. The summed E-state index contributed by atoms with van der Waals surface area (Å²) in [5.74, 6) is -1.02. The standard InChI is InChI=1S/C24H37F3N4O3/c1-22(2,3)14-30(15-23(4,5)6)19(12-28)21(33)29-16-7-8-18(17(11-16)24(25,26)27)31-9-10-34-13-20(31)32/h7-8,11,19H,9-10,12-15,28H2,1-6H3,(H,29,33)/t19-/m1/s1. The zero-order valence-corrected chi connectivity index (χ0v) is 20.9. The average Bonchev–Trinajstić information content (AvgIpc) is 2.66. The molecule has 1 aromatic carbocycles. The van der Waals surface area contributed by atoms with Crippen LogP contribution in [0.4, 0.5) is 24.5 Å². The highest BCUT2D eigenvalue weighted by Gasteiger charge is 2.38. The lowest BCUT2D eigenvalue weighted by Crippen LogP contribution is -2.53. The summed E-state index contributed by atoms with van der Waals surface area (Å²) in [5.41, 5.74) is 4.48. The van der Waals surface area contributed by atoms with Gasteiger partial charge in [-0.15, -0.1) is 0 Å². The van der Waals surface area contributed by atoms with Crippen LogP contribution in [0.5, 0.6) is 0 Å². The number of amides is 2. The zero-order chi connectivity index (χ0) is 25.9. The Hall–Kier alpha value is -2.17. The van der Waals surface area contributed by atoms with Crippen LogP contribution in [-0.2, 0) is 20.5 Å². The second-order valence-corrected chi connectivity index (χ2v) is 11.1. The molecule has 1 aliphatic rings. The van der Waals surface area contributed by atoms with Crippen molar-refractivity contribution in [3.8, 4) is 0 Å². The number of morpholine rings is 1. The first-order chi connectivity index (χ1) is 15.5. The third kappa shape index (κ3) is 7.95. The number of alkyl halides is 3. The molecular formula is C24H37F3N4O3. The second-order valence-electron chi connectivity index (χ2n) is 11.1. The van der Waals surface area contributed by atoms with Gasteiger partial charge in [-0.2, -0.15) is 13.2 Å². The Labute approximate surface area is 199 Å². The van der Waals surface area contributed by atoms with Crippen molar-refractivity contribution in [3.63, 3.8) is 0 Å². The van der Waals surface area contributed by atoms with Crippen LogP contribution in [0.3, 0.4) is 0 Å². The van der Waals surface area contributed by atoms with Gasteiger partial charge in [0.1, 0.15) is 12.6 Å². The molecule has 0 spiro atoms. The van der Waals surface area contributed by atoms with E-state index in [0.717, 1.165) is 11.0 Å². The molecule has 0 bridgehead atoms. The number of benzene rings is 1. The predicted octanol–water partition coefficient (Wildman–Crippen LogP) is 3.73. The topological polar surface area (TPSA) is 87.9 Å². The van der Waals surface area contributed by atoms with E-state index in [1.54, 1.807) is 0 Å². The monoisotopic (exact) mass is 486 g/mol. The first-order valence-corrected chi connectivity index (χ1v) is 11.4. The number of ether oxygens (including phenoxy) is 1. The quantitative estimate of drug-likeness (QED) is 0.613. The van der Waals surface area contributed by atoms with E-state index in [0.29, 0.717) is 13.1 Å². The molecule has 3 N–H and O–H groups in total. The fourth-order valence-electron chi connectivity index (χ4n) is 3.99. The molecule has 2 amide bonds. The normalized spacial score (nSPS) is 16.7. The third-order valence-corrected chi connectivity index (χ3v) is 5.17. The van der Waals surface area contributed by atoms with Gasteiger partial charge in [-0.25, -0.2) is 0 Å². The van der Waals surface area contributed by atoms with E-state index < -0.39 is 29.6 Å². The number of carbonyl (C=O) groups is 2. The highest BCUT2D eigenvalue weighted by Crippen LogP contribution is 2.39. The minimum Gasteiger partial charge on any atom is -0.370 e. The number of carbonyl (C=O) groups excluding carboxylic acids is 2. The summed E-state index contributed by atoms with van der Waals surface area (Å²) in [6.45, 7) is 13.4. The van der Waals surface area contributed by atoms with Crippen molar-refractivity contribution in [2.75, 3.05) is 49.6 Å². The predicted molar refractivity (Wildman–Crippen MR) is 127 cm³/mol. The van der Waals surface area contributed by atoms with Gasteiger partial charge in [0.15, 0.2) is 0 Å². The number of anilines is 2. The number of halogens is 3. The van der Waals surface area contributed by atoms with Gasteiger partial charge < -0.3 is 20.7 Å². The summed E-state index contributed by atoms with van der Waals surface area (Å²) in [6.07, 6.45) is -4.72. The maximum absolute atomic E-state index is 13.9. The van der Waals surface area contributed by atoms with Gasteiger partial charge in [-0.3, -0.25) is 14.5 Å². The highest BCUT2D eigenvalue weighted by atomic mass is 19.4. The second kappa shape index (κ2) is 10.6.